The van der Waals surface area contributed by atoms with Gasteiger partial charge in [0.1, 0.15) is 5.76 Å². The van der Waals surface area contributed by atoms with Crippen molar-refractivity contribution in [2.75, 3.05) is 24.5 Å². The average molecular weight is 440 g/mol. The van der Waals surface area contributed by atoms with Crippen LogP contribution in [0, 0.1) is 11.3 Å². The fourth-order valence-corrected chi connectivity index (χ4v) is 3.03. The molecule has 9 heteroatoms. The molecule has 2 N–H and O–H groups in total. The molecular weight excluding hydrogens is 410 g/mol. The van der Waals surface area contributed by atoms with E-state index < -0.39 is 11.8 Å². The summed E-state index contributed by atoms with van der Waals surface area (Å²) in [5.41, 5.74) is 5.26. The van der Waals surface area contributed by atoms with Crippen molar-refractivity contribution in [3.8, 4) is 6.07 Å². The smallest absolute Gasteiger partial charge is 0.305 e. The first-order valence-electron chi connectivity index (χ1n) is 10.6. The van der Waals surface area contributed by atoms with Crippen molar-refractivity contribution in [1.29, 1.82) is 5.26 Å². The van der Waals surface area contributed by atoms with Crippen LogP contribution in [0.1, 0.15) is 49.4 Å². The Hall–Kier alpha value is -3.64. The maximum atomic E-state index is 12.6. The van der Waals surface area contributed by atoms with E-state index in [1.54, 1.807) is 36.4 Å². The molecule has 0 aliphatic carbocycles. The van der Waals surface area contributed by atoms with E-state index in [0.717, 1.165) is 13.1 Å². The molecule has 0 aliphatic rings. The number of nitrogens with zero attached hydrogens (tertiary/aromatic N) is 3. The van der Waals surface area contributed by atoms with Crippen molar-refractivity contribution in [1.82, 2.24) is 15.8 Å². The second-order valence-electron chi connectivity index (χ2n) is 7.02. The Kier molecular flexibility index (Phi) is 9.94. The summed E-state index contributed by atoms with van der Waals surface area (Å²) >= 11 is 0. The molecule has 1 aromatic carbocycles. The predicted octanol–water partition coefficient (Wildman–Crippen LogP) is 2.61. The summed E-state index contributed by atoms with van der Waals surface area (Å²) in [6.07, 6.45) is 0.0134. The maximum absolute atomic E-state index is 12.6. The highest BCUT2D eigenvalue weighted by molar-refractivity contribution is 5.96. The van der Waals surface area contributed by atoms with Crippen molar-refractivity contribution in [2.45, 2.75) is 39.7 Å². The Balaban J connectivity index is 1.82. The molecular formula is C23H29N5O4. The van der Waals surface area contributed by atoms with Crippen LogP contribution in [-0.4, -0.2) is 42.3 Å². The number of benzene rings is 1. The van der Waals surface area contributed by atoms with Gasteiger partial charge in [-0.2, -0.15) is 5.26 Å². The highest BCUT2D eigenvalue weighted by Crippen LogP contribution is 2.15. The first kappa shape index (κ1) is 24.6. The van der Waals surface area contributed by atoms with Gasteiger partial charge in [0, 0.05) is 25.1 Å². The van der Waals surface area contributed by atoms with Gasteiger partial charge in [0.2, 0.25) is 11.8 Å². The summed E-state index contributed by atoms with van der Waals surface area (Å²) in [4.78, 5) is 40.5. The van der Waals surface area contributed by atoms with E-state index in [1.165, 1.54) is 4.90 Å². The Bertz CT molecular complexity index is 931. The Morgan fingerprint density at radius 2 is 1.72 bits per heavy atom. The Morgan fingerprint density at radius 3 is 2.38 bits per heavy atom. The molecule has 0 bridgehead atoms. The summed E-state index contributed by atoms with van der Waals surface area (Å²) < 4.78 is 5.54. The fourth-order valence-electron chi connectivity index (χ4n) is 3.03. The van der Waals surface area contributed by atoms with Gasteiger partial charge < -0.3 is 9.32 Å². The molecule has 1 aromatic heterocycles. The van der Waals surface area contributed by atoms with Gasteiger partial charge in [-0.1, -0.05) is 32.0 Å². The van der Waals surface area contributed by atoms with E-state index in [-0.39, 0.29) is 37.5 Å². The molecule has 2 aromatic rings. The highest BCUT2D eigenvalue weighted by Gasteiger charge is 2.18. The average Bonchev–Trinajstić information content (AvgIpc) is 3.29. The molecule has 0 saturated carbocycles. The number of furan rings is 1. The molecule has 170 valence electrons. The fraction of sp³-hybridized carbons (Fsp3) is 0.391. The number of hydrogen-bond acceptors (Lipinski definition) is 6. The first-order chi connectivity index (χ1) is 15.5. The Morgan fingerprint density at radius 1 is 1.00 bits per heavy atom. The highest BCUT2D eigenvalue weighted by atomic mass is 16.4. The number of carbonyl (C=O) groups excluding carboxylic acids is 3. The summed E-state index contributed by atoms with van der Waals surface area (Å²) in [7, 11) is 0. The molecule has 0 atom stereocenters. The number of para-hydroxylation sites is 1. The van der Waals surface area contributed by atoms with Crippen LogP contribution in [0.3, 0.4) is 0 Å². The number of hydrazine groups is 1. The van der Waals surface area contributed by atoms with Crippen LogP contribution in [0.25, 0.3) is 0 Å². The molecule has 0 aliphatic heterocycles. The van der Waals surface area contributed by atoms with E-state index >= 15 is 0 Å². The minimum Gasteiger partial charge on any atom is -0.454 e. The third kappa shape index (κ3) is 7.56. The lowest BCUT2D eigenvalue weighted by Crippen LogP contribution is -2.42. The first-order valence-corrected chi connectivity index (χ1v) is 10.6. The number of rotatable bonds is 11. The molecule has 9 nitrogen and oxygen atoms in total. The molecule has 0 saturated heterocycles. The van der Waals surface area contributed by atoms with Crippen LogP contribution in [0.2, 0.25) is 0 Å². The lowest BCUT2D eigenvalue weighted by atomic mass is 10.2. The van der Waals surface area contributed by atoms with Crippen LogP contribution in [-0.2, 0) is 16.1 Å². The van der Waals surface area contributed by atoms with Crippen molar-refractivity contribution in [3.05, 3.63) is 54.0 Å². The normalized spacial score (nSPS) is 10.4. The van der Waals surface area contributed by atoms with E-state index in [4.69, 9.17) is 9.68 Å². The van der Waals surface area contributed by atoms with Crippen LogP contribution >= 0.6 is 0 Å². The Labute approximate surface area is 187 Å². The van der Waals surface area contributed by atoms with Crippen LogP contribution in [0.15, 0.2) is 46.9 Å². The van der Waals surface area contributed by atoms with Crippen molar-refractivity contribution in [3.63, 3.8) is 0 Å². The van der Waals surface area contributed by atoms with Crippen LogP contribution < -0.4 is 15.8 Å². The zero-order chi connectivity index (χ0) is 23.3. The molecule has 0 radical (unpaired) electrons. The third-order valence-corrected chi connectivity index (χ3v) is 4.86. The summed E-state index contributed by atoms with van der Waals surface area (Å²) in [6.45, 7) is 6.66. The minimum absolute atomic E-state index is 0.0587. The van der Waals surface area contributed by atoms with Gasteiger partial charge >= 0.3 is 5.91 Å². The number of nitriles is 1. The van der Waals surface area contributed by atoms with Gasteiger partial charge in [-0.05, 0) is 37.4 Å². The molecule has 0 unspecified atom stereocenters. The summed E-state index contributed by atoms with van der Waals surface area (Å²) in [5.74, 6) is -0.602. The van der Waals surface area contributed by atoms with Gasteiger partial charge in [-0.25, -0.2) is 0 Å². The van der Waals surface area contributed by atoms with E-state index in [9.17, 15) is 14.4 Å². The largest absolute Gasteiger partial charge is 0.454 e. The van der Waals surface area contributed by atoms with Gasteiger partial charge in [-0.15, -0.1) is 0 Å². The SMILES string of the molecule is CCN(CC)Cc1ccc(C(=O)NNC(=O)CCC(=O)N(CCC#N)c2ccccc2)o1. The van der Waals surface area contributed by atoms with Crippen LogP contribution in [0.4, 0.5) is 5.69 Å². The van der Waals surface area contributed by atoms with Gasteiger partial charge in [0.05, 0.1) is 19.0 Å². The van der Waals surface area contributed by atoms with Crippen molar-refractivity contribution in [2.24, 2.45) is 0 Å². The number of anilines is 1. The molecule has 1 heterocycles. The van der Waals surface area contributed by atoms with Gasteiger partial charge in [0.25, 0.3) is 0 Å². The lowest BCUT2D eigenvalue weighted by Gasteiger charge is -2.21. The van der Waals surface area contributed by atoms with Crippen molar-refractivity contribution >= 4 is 23.4 Å². The number of carbonyl (C=O) groups is 3. The van der Waals surface area contributed by atoms with E-state index in [2.05, 4.69) is 15.8 Å². The molecule has 0 spiro atoms. The van der Waals surface area contributed by atoms with Gasteiger partial charge in [0.15, 0.2) is 5.76 Å². The second-order valence-corrected chi connectivity index (χ2v) is 7.02. The maximum Gasteiger partial charge on any atom is 0.305 e. The standard InChI is InChI=1S/C23H29N5O4/c1-3-27(4-2)17-19-11-12-20(32-19)23(31)26-25-21(29)13-14-22(30)28(16-8-15-24)18-9-6-5-7-10-18/h5-7,9-12H,3-4,8,13-14,16-17H2,1-2H3,(H,25,29)(H,26,31). The number of nitrogens with one attached hydrogen (secondary N) is 2. The zero-order valence-corrected chi connectivity index (χ0v) is 18.5. The molecule has 3 amide bonds. The monoisotopic (exact) mass is 439 g/mol. The lowest BCUT2D eigenvalue weighted by molar-refractivity contribution is -0.125. The van der Waals surface area contributed by atoms with Gasteiger partial charge in [-0.3, -0.25) is 30.1 Å². The quantitative estimate of drug-likeness (QED) is 0.520. The van der Waals surface area contributed by atoms with Crippen LogP contribution in [0.5, 0.6) is 0 Å². The molecule has 2 rings (SSSR count). The second kappa shape index (κ2) is 12.9. The third-order valence-electron chi connectivity index (χ3n) is 4.86. The summed E-state index contributed by atoms with van der Waals surface area (Å²) in [5, 5.41) is 8.85. The predicted molar refractivity (Wildman–Crippen MR) is 119 cm³/mol. The zero-order valence-electron chi connectivity index (χ0n) is 18.5. The molecule has 0 fully saturated rings. The van der Waals surface area contributed by atoms with Crippen molar-refractivity contribution < 1.29 is 18.8 Å². The summed E-state index contributed by atoms with van der Waals surface area (Å²) in [6, 6.07) is 14.3. The van der Waals surface area contributed by atoms with E-state index in [1.807, 2.05) is 26.0 Å². The number of amides is 3. The van der Waals surface area contributed by atoms with E-state index in [0.29, 0.717) is 18.0 Å². The molecule has 32 heavy (non-hydrogen) atoms. The topological polar surface area (TPSA) is 119 Å². The number of hydrogen-bond donors (Lipinski definition) is 2. The minimum atomic E-state index is -0.574.